The lowest BCUT2D eigenvalue weighted by Gasteiger charge is -2.26. The van der Waals surface area contributed by atoms with Gasteiger partial charge in [-0.25, -0.2) is 4.79 Å². The molecule has 0 heterocycles. The lowest BCUT2D eigenvalue weighted by molar-refractivity contribution is -0.147. The third-order valence-electron chi connectivity index (χ3n) is 5.01. The van der Waals surface area contributed by atoms with E-state index < -0.39 is 31.1 Å². The molecule has 2 aromatic rings. The summed E-state index contributed by atoms with van der Waals surface area (Å²) in [5.74, 6) is -1.79. The second-order valence-corrected chi connectivity index (χ2v) is 11.1. The number of carbonyl (C=O) groups is 2. The molecule has 0 aromatic heterocycles. The highest BCUT2D eigenvalue weighted by atomic mass is 32.2. The molecular formula is C24H32NO6PS. The van der Waals surface area contributed by atoms with Crippen LogP contribution in [0.1, 0.15) is 24.5 Å². The zero-order valence-electron chi connectivity index (χ0n) is 19.0. The Balaban J connectivity index is 2.10. The number of carbonyl (C=O) groups excluding carboxylic acids is 2. The summed E-state index contributed by atoms with van der Waals surface area (Å²) in [7, 11) is -3.98. The molecule has 33 heavy (non-hydrogen) atoms. The van der Waals surface area contributed by atoms with E-state index in [1.165, 1.54) is 11.8 Å². The van der Waals surface area contributed by atoms with Crippen molar-refractivity contribution in [3.05, 3.63) is 71.8 Å². The Bertz CT molecular complexity index is 912. The number of alkyl carbamates (subject to hydrolysis) is 1. The molecule has 2 rings (SSSR count). The predicted molar refractivity (Wildman–Crippen MR) is 132 cm³/mol. The van der Waals surface area contributed by atoms with Gasteiger partial charge < -0.3 is 19.7 Å². The number of benzene rings is 2. The average Bonchev–Trinajstić information content (AvgIpc) is 2.81. The van der Waals surface area contributed by atoms with Crippen LogP contribution in [0.5, 0.6) is 0 Å². The van der Waals surface area contributed by atoms with Gasteiger partial charge in [0.05, 0.1) is 12.5 Å². The fraction of sp³-hybridized carbons (Fsp3) is 0.417. The van der Waals surface area contributed by atoms with Crippen LogP contribution in [0.3, 0.4) is 0 Å². The van der Waals surface area contributed by atoms with E-state index in [4.69, 9.17) is 9.47 Å². The SMILES string of the molecule is CCOC(=O)C(Cc1ccccc1)CP(=O)(O)C(CCSC)NC(=O)OCc1ccccc1. The van der Waals surface area contributed by atoms with Gasteiger partial charge in [-0.05, 0) is 42.9 Å². The van der Waals surface area contributed by atoms with Crippen molar-refractivity contribution < 1.29 is 28.5 Å². The average molecular weight is 494 g/mol. The standard InChI is InChI=1S/C24H32NO6PS/c1-3-30-23(26)21(16-19-10-6-4-7-11-19)18-32(28,29)22(14-15-33-2)25-24(27)31-17-20-12-8-5-9-13-20/h4-13,21-22H,3,14-18H2,1-2H3,(H,25,27)(H,28,29). The van der Waals surface area contributed by atoms with E-state index >= 15 is 0 Å². The largest absolute Gasteiger partial charge is 0.466 e. The van der Waals surface area contributed by atoms with Crippen molar-refractivity contribution in [1.82, 2.24) is 5.32 Å². The number of esters is 1. The Kier molecular flexibility index (Phi) is 11.5. The molecule has 1 amide bonds. The van der Waals surface area contributed by atoms with Gasteiger partial charge in [0.25, 0.3) is 0 Å². The van der Waals surface area contributed by atoms with E-state index in [0.717, 1.165) is 11.1 Å². The van der Waals surface area contributed by atoms with Gasteiger partial charge in [0.2, 0.25) is 7.37 Å². The van der Waals surface area contributed by atoms with Crippen LogP contribution in [0.2, 0.25) is 0 Å². The summed E-state index contributed by atoms with van der Waals surface area (Å²) in [4.78, 5) is 35.9. The van der Waals surface area contributed by atoms with Gasteiger partial charge in [-0.2, -0.15) is 11.8 Å². The highest BCUT2D eigenvalue weighted by molar-refractivity contribution is 7.98. The van der Waals surface area contributed by atoms with Crippen LogP contribution in [-0.4, -0.2) is 47.5 Å². The van der Waals surface area contributed by atoms with Crippen molar-refractivity contribution >= 4 is 31.2 Å². The van der Waals surface area contributed by atoms with Gasteiger partial charge >= 0.3 is 12.1 Å². The molecule has 0 aliphatic heterocycles. The molecular weight excluding hydrogens is 461 g/mol. The van der Waals surface area contributed by atoms with Crippen LogP contribution in [0.15, 0.2) is 60.7 Å². The molecule has 0 aliphatic carbocycles. The van der Waals surface area contributed by atoms with Gasteiger partial charge in [0.15, 0.2) is 0 Å². The van der Waals surface area contributed by atoms with Crippen LogP contribution in [0, 0.1) is 5.92 Å². The van der Waals surface area contributed by atoms with Crippen molar-refractivity contribution in [3.8, 4) is 0 Å². The molecule has 0 radical (unpaired) electrons. The third kappa shape index (κ3) is 9.62. The summed E-state index contributed by atoms with van der Waals surface area (Å²) in [6, 6.07) is 18.5. The highest BCUT2D eigenvalue weighted by Gasteiger charge is 2.37. The number of amides is 1. The second kappa shape index (κ2) is 14.1. The second-order valence-electron chi connectivity index (χ2n) is 7.58. The number of rotatable bonds is 13. The van der Waals surface area contributed by atoms with Crippen molar-refractivity contribution in [2.45, 2.75) is 32.2 Å². The normalized spacial score (nSPS) is 14.5. The number of thioether (sulfide) groups is 1. The molecule has 9 heteroatoms. The molecule has 0 aliphatic rings. The summed E-state index contributed by atoms with van der Waals surface area (Å²) in [6.07, 6.45) is 1.37. The maximum atomic E-state index is 13.4. The fourth-order valence-corrected chi connectivity index (χ4v) is 5.98. The van der Waals surface area contributed by atoms with Gasteiger partial charge in [-0.1, -0.05) is 60.7 Å². The maximum Gasteiger partial charge on any atom is 0.408 e. The summed E-state index contributed by atoms with van der Waals surface area (Å²) in [5, 5.41) is 2.56. The number of ether oxygens (including phenoxy) is 2. The van der Waals surface area contributed by atoms with Crippen molar-refractivity contribution in [3.63, 3.8) is 0 Å². The quantitative estimate of drug-likeness (QED) is 0.308. The Morgan fingerprint density at radius 2 is 1.64 bits per heavy atom. The monoisotopic (exact) mass is 493 g/mol. The summed E-state index contributed by atoms with van der Waals surface area (Å²) in [5.41, 5.74) is 1.68. The van der Waals surface area contributed by atoms with E-state index in [1.807, 2.05) is 66.9 Å². The number of hydrogen-bond acceptors (Lipinski definition) is 6. The molecule has 0 bridgehead atoms. The zero-order valence-corrected chi connectivity index (χ0v) is 20.7. The van der Waals surface area contributed by atoms with E-state index in [1.54, 1.807) is 6.92 Å². The van der Waals surface area contributed by atoms with Crippen LogP contribution >= 0.6 is 19.1 Å². The van der Waals surface area contributed by atoms with E-state index in [0.29, 0.717) is 5.75 Å². The zero-order chi connectivity index (χ0) is 24.1. The minimum Gasteiger partial charge on any atom is -0.466 e. The Morgan fingerprint density at radius 3 is 2.21 bits per heavy atom. The molecule has 180 valence electrons. The molecule has 3 atom stereocenters. The van der Waals surface area contributed by atoms with Crippen molar-refractivity contribution in [2.24, 2.45) is 5.92 Å². The first-order valence-electron chi connectivity index (χ1n) is 10.8. The lowest BCUT2D eigenvalue weighted by atomic mass is 10.0. The predicted octanol–water partition coefficient (Wildman–Crippen LogP) is 4.68. The molecule has 0 spiro atoms. The van der Waals surface area contributed by atoms with E-state index in [2.05, 4.69) is 5.32 Å². The smallest absolute Gasteiger partial charge is 0.408 e. The Morgan fingerprint density at radius 1 is 1.03 bits per heavy atom. The van der Waals surface area contributed by atoms with Gasteiger partial charge in [0, 0.05) is 6.16 Å². The topological polar surface area (TPSA) is 102 Å². The molecule has 0 saturated heterocycles. The first-order chi connectivity index (χ1) is 15.9. The number of hydrogen-bond donors (Lipinski definition) is 2. The van der Waals surface area contributed by atoms with Crippen molar-refractivity contribution in [2.75, 3.05) is 24.8 Å². The minimum absolute atomic E-state index is 0.0527. The number of nitrogens with one attached hydrogen (secondary N) is 1. The third-order valence-corrected chi connectivity index (χ3v) is 7.98. The molecule has 2 N–H and O–H groups in total. The molecule has 2 aromatic carbocycles. The van der Waals surface area contributed by atoms with Gasteiger partial charge in [-0.15, -0.1) is 0 Å². The minimum atomic E-state index is -3.98. The van der Waals surface area contributed by atoms with E-state index in [-0.39, 0.29) is 32.2 Å². The van der Waals surface area contributed by atoms with Crippen LogP contribution in [-0.2, 0) is 31.9 Å². The maximum absolute atomic E-state index is 13.4. The fourth-order valence-electron chi connectivity index (χ4n) is 3.33. The van der Waals surface area contributed by atoms with Gasteiger partial charge in [-0.3, -0.25) is 9.36 Å². The summed E-state index contributed by atoms with van der Waals surface area (Å²) >= 11 is 1.50. The first kappa shape index (κ1) is 27.0. The highest BCUT2D eigenvalue weighted by Crippen LogP contribution is 2.49. The summed E-state index contributed by atoms with van der Waals surface area (Å²) < 4.78 is 23.8. The van der Waals surface area contributed by atoms with Gasteiger partial charge in [0.1, 0.15) is 12.4 Å². The molecule has 0 saturated carbocycles. The van der Waals surface area contributed by atoms with E-state index in [9.17, 15) is 19.0 Å². The first-order valence-corrected chi connectivity index (χ1v) is 14.1. The lowest BCUT2D eigenvalue weighted by Crippen LogP contribution is -2.37. The Hall–Kier alpha value is -2.28. The van der Waals surface area contributed by atoms with Crippen LogP contribution < -0.4 is 5.32 Å². The van der Waals surface area contributed by atoms with Crippen LogP contribution in [0.4, 0.5) is 4.79 Å². The molecule has 3 unspecified atom stereocenters. The van der Waals surface area contributed by atoms with Crippen LogP contribution in [0.25, 0.3) is 0 Å². The summed E-state index contributed by atoms with van der Waals surface area (Å²) in [6.45, 7) is 1.93. The van der Waals surface area contributed by atoms with Crippen molar-refractivity contribution in [1.29, 1.82) is 0 Å². The molecule has 7 nitrogen and oxygen atoms in total. The molecule has 0 fully saturated rings. The Labute approximate surface area is 199 Å².